The number of thioether (sulfide) groups is 1. The van der Waals surface area contributed by atoms with Crippen LogP contribution in [0.5, 0.6) is 0 Å². The Morgan fingerprint density at radius 3 is 2.52 bits per heavy atom. The van der Waals surface area contributed by atoms with Crippen LogP contribution in [0, 0.1) is 5.82 Å². The van der Waals surface area contributed by atoms with E-state index in [1.165, 1.54) is 17.7 Å². The van der Waals surface area contributed by atoms with Crippen LogP contribution in [0.25, 0.3) is 0 Å². The van der Waals surface area contributed by atoms with Crippen molar-refractivity contribution in [1.29, 1.82) is 0 Å². The number of carbonyl (C=O) groups excluding carboxylic acids is 1. The van der Waals surface area contributed by atoms with Gasteiger partial charge >= 0.3 is 0 Å². The van der Waals surface area contributed by atoms with Gasteiger partial charge in [0.05, 0.1) is 5.56 Å². The fraction of sp³-hybridized carbons (Fsp3) is 0.211. The Balaban J connectivity index is 2.15. The van der Waals surface area contributed by atoms with Crippen molar-refractivity contribution < 1.29 is 9.18 Å². The molecule has 0 aromatic heterocycles. The summed E-state index contributed by atoms with van der Waals surface area (Å²) in [5.74, 6) is -0.00938. The normalized spacial score (nSPS) is 11.4. The summed E-state index contributed by atoms with van der Waals surface area (Å²) in [6.45, 7) is 1.82. The van der Waals surface area contributed by atoms with Gasteiger partial charge in [0.25, 0.3) is 0 Å². The Labute approximate surface area is 141 Å². The minimum absolute atomic E-state index is 0.115. The van der Waals surface area contributed by atoms with Crippen molar-refractivity contribution in [2.24, 2.45) is 0 Å². The molecule has 0 N–H and O–H groups in total. The van der Waals surface area contributed by atoms with E-state index in [1.54, 1.807) is 23.9 Å². The van der Waals surface area contributed by atoms with Gasteiger partial charge in [-0.2, -0.15) is 0 Å². The van der Waals surface area contributed by atoms with Crippen molar-refractivity contribution >= 4 is 17.5 Å². The molecule has 0 saturated carbocycles. The lowest BCUT2D eigenvalue weighted by Gasteiger charge is -2.12. The summed E-state index contributed by atoms with van der Waals surface area (Å²) in [5.41, 5.74) is 2.10. The topological polar surface area (TPSA) is 20.3 Å². The third-order valence-corrected chi connectivity index (χ3v) is 4.56. The molecule has 0 bridgehead atoms. The molecule has 2 aromatic rings. The van der Waals surface area contributed by atoms with Crippen LogP contribution in [0.4, 0.5) is 4.39 Å². The van der Waals surface area contributed by atoms with Gasteiger partial charge < -0.3 is 4.90 Å². The smallest absolute Gasteiger partial charge is 0.190 e. The van der Waals surface area contributed by atoms with Gasteiger partial charge in [-0.1, -0.05) is 30.3 Å². The summed E-state index contributed by atoms with van der Waals surface area (Å²) in [6, 6.07) is 14.8. The fourth-order valence-electron chi connectivity index (χ4n) is 1.92. The maximum absolute atomic E-state index is 14.0. The van der Waals surface area contributed by atoms with Crippen molar-refractivity contribution in [2.45, 2.75) is 17.6 Å². The standard InChI is InChI=1S/C19H20FNOS/c1-14(21(2)3)11-19(22)17-12-16(9-10-18(17)20)23-13-15-7-5-4-6-8-15/h4-12H,13H2,1-3H3/b14-11+. The molecule has 23 heavy (non-hydrogen) atoms. The molecule has 0 aliphatic heterocycles. The van der Waals surface area contributed by atoms with Gasteiger partial charge in [0.15, 0.2) is 5.78 Å². The van der Waals surface area contributed by atoms with Gasteiger partial charge in [-0.25, -0.2) is 4.39 Å². The van der Waals surface area contributed by atoms with E-state index in [4.69, 9.17) is 0 Å². The number of allylic oxidation sites excluding steroid dienone is 2. The molecule has 0 amide bonds. The molecule has 0 atom stereocenters. The average Bonchev–Trinajstić information content (AvgIpc) is 2.54. The molecule has 4 heteroatoms. The van der Waals surface area contributed by atoms with Crippen LogP contribution in [-0.4, -0.2) is 24.8 Å². The first kappa shape index (κ1) is 17.3. The van der Waals surface area contributed by atoms with Crippen molar-refractivity contribution in [1.82, 2.24) is 4.90 Å². The van der Waals surface area contributed by atoms with Crippen LogP contribution in [0.2, 0.25) is 0 Å². The Hall–Kier alpha value is -2.07. The Morgan fingerprint density at radius 1 is 1.17 bits per heavy atom. The lowest BCUT2D eigenvalue weighted by atomic mass is 10.1. The number of halogens is 1. The second-order valence-corrected chi connectivity index (χ2v) is 6.51. The van der Waals surface area contributed by atoms with Gasteiger partial charge in [-0.05, 0) is 30.7 Å². The Bertz CT molecular complexity index is 711. The van der Waals surface area contributed by atoms with E-state index in [1.807, 2.05) is 56.3 Å². The van der Waals surface area contributed by atoms with Crippen LogP contribution in [0.3, 0.4) is 0 Å². The summed E-state index contributed by atoms with van der Waals surface area (Å²) in [4.78, 5) is 15.0. The van der Waals surface area contributed by atoms with Crippen LogP contribution in [0.15, 0.2) is 65.2 Å². The number of carbonyl (C=O) groups is 1. The van der Waals surface area contributed by atoms with Crippen molar-refractivity contribution in [3.63, 3.8) is 0 Å². The molecular weight excluding hydrogens is 309 g/mol. The van der Waals surface area contributed by atoms with Gasteiger partial charge in [0.1, 0.15) is 5.82 Å². The summed E-state index contributed by atoms with van der Waals surface area (Å²) >= 11 is 1.59. The highest BCUT2D eigenvalue weighted by Gasteiger charge is 2.11. The maximum atomic E-state index is 14.0. The predicted octanol–water partition coefficient (Wildman–Crippen LogP) is 4.77. The SMILES string of the molecule is C/C(=C\C(=O)c1cc(SCc2ccccc2)ccc1F)N(C)C. The molecule has 0 unspecified atom stereocenters. The molecule has 0 aliphatic rings. The van der Waals surface area contributed by atoms with Crippen molar-refractivity contribution in [3.05, 3.63) is 77.2 Å². The zero-order chi connectivity index (χ0) is 16.8. The largest absolute Gasteiger partial charge is 0.381 e. The second-order valence-electron chi connectivity index (χ2n) is 5.46. The number of hydrogen-bond acceptors (Lipinski definition) is 3. The lowest BCUT2D eigenvalue weighted by Crippen LogP contribution is -2.10. The number of rotatable bonds is 6. The first-order chi connectivity index (χ1) is 11.0. The molecule has 0 fully saturated rings. The van der Waals surface area contributed by atoms with Crippen LogP contribution in [0.1, 0.15) is 22.8 Å². The highest BCUT2D eigenvalue weighted by atomic mass is 32.2. The summed E-state index contributed by atoms with van der Waals surface area (Å²) < 4.78 is 14.0. The highest BCUT2D eigenvalue weighted by molar-refractivity contribution is 7.98. The summed E-state index contributed by atoms with van der Waals surface area (Å²) in [7, 11) is 3.70. The molecule has 0 saturated heterocycles. The van der Waals surface area contributed by atoms with E-state index in [2.05, 4.69) is 0 Å². The number of ketones is 1. The van der Waals surface area contributed by atoms with Crippen molar-refractivity contribution in [3.8, 4) is 0 Å². The summed E-state index contributed by atoms with van der Waals surface area (Å²) in [6.07, 6.45) is 1.46. The zero-order valence-corrected chi connectivity index (χ0v) is 14.4. The Kier molecular flexibility index (Phi) is 5.99. The van der Waals surface area contributed by atoms with Gasteiger partial charge in [0.2, 0.25) is 0 Å². The zero-order valence-electron chi connectivity index (χ0n) is 13.5. The first-order valence-electron chi connectivity index (χ1n) is 7.33. The summed E-state index contributed by atoms with van der Waals surface area (Å²) in [5, 5.41) is 0. The van der Waals surface area contributed by atoms with E-state index in [0.717, 1.165) is 16.3 Å². The number of benzene rings is 2. The quantitative estimate of drug-likeness (QED) is 0.433. The molecule has 2 rings (SSSR count). The first-order valence-corrected chi connectivity index (χ1v) is 8.32. The third-order valence-electron chi connectivity index (χ3n) is 3.50. The molecule has 0 aliphatic carbocycles. The highest BCUT2D eigenvalue weighted by Crippen LogP contribution is 2.25. The van der Waals surface area contributed by atoms with E-state index >= 15 is 0 Å². The van der Waals surface area contributed by atoms with Crippen LogP contribution >= 0.6 is 11.8 Å². The third kappa shape index (κ3) is 4.96. The van der Waals surface area contributed by atoms with Gasteiger partial charge in [-0.3, -0.25) is 4.79 Å². The van der Waals surface area contributed by atoms with E-state index < -0.39 is 5.82 Å². The Morgan fingerprint density at radius 2 is 1.87 bits per heavy atom. The molecular formula is C19H20FNOS. The van der Waals surface area contributed by atoms with Crippen molar-refractivity contribution in [2.75, 3.05) is 14.1 Å². The molecule has 0 radical (unpaired) electrons. The molecule has 2 aromatic carbocycles. The van der Waals surface area contributed by atoms with E-state index in [9.17, 15) is 9.18 Å². The van der Waals surface area contributed by atoms with Gasteiger partial charge in [0, 0.05) is 36.5 Å². The monoisotopic (exact) mass is 329 g/mol. The van der Waals surface area contributed by atoms with Gasteiger partial charge in [-0.15, -0.1) is 11.8 Å². The number of nitrogens with zero attached hydrogens (tertiary/aromatic N) is 1. The molecule has 0 heterocycles. The van der Waals surface area contributed by atoms with E-state index in [0.29, 0.717) is 0 Å². The number of hydrogen-bond donors (Lipinski definition) is 0. The minimum Gasteiger partial charge on any atom is -0.381 e. The molecule has 120 valence electrons. The lowest BCUT2D eigenvalue weighted by molar-refractivity contribution is 0.104. The minimum atomic E-state index is -0.484. The average molecular weight is 329 g/mol. The van der Waals surface area contributed by atoms with E-state index in [-0.39, 0.29) is 11.3 Å². The molecule has 2 nitrogen and oxygen atoms in total. The second kappa shape index (κ2) is 7.97. The fourth-order valence-corrected chi connectivity index (χ4v) is 2.81. The van der Waals surface area contributed by atoms with Crippen LogP contribution in [-0.2, 0) is 5.75 Å². The maximum Gasteiger partial charge on any atom is 0.190 e. The predicted molar refractivity (Wildman–Crippen MR) is 94.2 cm³/mol. The molecule has 0 spiro atoms. The van der Waals surface area contributed by atoms with Crippen LogP contribution < -0.4 is 0 Å².